The van der Waals surface area contributed by atoms with Gasteiger partial charge in [-0.15, -0.1) is 0 Å². The molecule has 0 spiro atoms. The van der Waals surface area contributed by atoms with Gasteiger partial charge < -0.3 is 24.5 Å². The Morgan fingerprint density at radius 1 is 1.20 bits per heavy atom. The Balaban J connectivity index is 1.32. The highest BCUT2D eigenvalue weighted by Gasteiger charge is 2.44. The molecule has 0 bridgehead atoms. The van der Waals surface area contributed by atoms with Crippen molar-refractivity contribution in [2.24, 2.45) is 11.3 Å². The van der Waals surface area contributed by atoms with Crippen LogP contribution >= 0.6 is 0 Å². The van der Waals surface area contributed by atoms with Crippen molar-refractivity contribution in [3.8, 4) is 11.8 Å². The van der Waals surface area contributed by atoms with Crippen LogP contribution in [0.25, 0.3) is 10.8 Å². The number of benzene rings is 2. The van der Waals surface area contributed by atoms with Crippen LogP contribution in [0.5, 0.6) is 11.8 Å². The van der Waals surface area contributed by atoms with E-state index in [1.165, 1.54) is 6.42 Å². The average molecular weight is 544 g/mol. The molecule has 3 aliphatic rings. The van der Waals surface area contributed by atoms with Gasteiger partial charge in [-0.3, -0.25) is 4.79 Å². The molecule has 1 saturated heterocycles. The number of phenols is 1. The van der Waals surface area contributed by atoms with Crippen LogP contribution in [-0.4, -0.2) is 71.1 Å². The van der Waals surface area contributed by atoms with Crippen LogP contribution < -0.4 is 9.64 Å². The molecule has 1 aromatic heterocycles. The molecule has 1 N–H and O–H groups in total. The fourth-order valence-electron chi connectivity index (χ4n) is 6.63. The number of phenolic OH excluding ortho intramolecular Hbond substituents is 1. The summed E-state index contributed by atoms with van der Waals surface area (Å²) in [7, 11) is 4.21. The van der Waals surface area contributed by atoms with Crippen LogP contribution in [0.1, 0.15) is 66.2 Å². The first-order chi connectivity index (χ1) is 19.2. The summed E-state index contributed by atoms with van der Waals surface area (Å²) in [5.41, 5.74) is 3.61. The fourth-order valence-corrected chi connectivity index (χ4v) is 6.63. The number of piperidine rings is 1. The number of ether oxygens (including phenoxy) is 1. The Morgan fingerprint density at radius 2 is 2.02 bits per heavy atom. The SMILES string of the molecule is CCC1CCCN(c2nc(OCC3(CN(C)C)CC3)nc3c2CN(C(=O)c2cc(O)cc4cccc(C)c24)C3)C1. The molecule has 212 valence electrons. The van der Waals surface area contributed by atoms with E-state index < -0.39 is 0 Å². The van der Waals surface area contributed by atoms with Crippen LogP contribution in [0.3, 0.4) is 0 Å². The lowest BCUT2D eigenvalue weighted by Crippen LogP contribution is -2.36. The van der Waals surface area contributed by atoms with Gasteiger partial charge in [-0.05, 0) is 81.1 Å². The number of amides is 1. The highest BCUT2D eigenvalue weighted by molar-refractivity contribution is 6.09. The van der Waals surface area contributed by atoms with Crippen molar-refractivity contribution in [3.63, 3.8) is 0 Å². The van der Waals surface area contributed by atoms with E-state index in [2.05, 4.69) is 30.8 Å². The molecule has 2 aromatic carbocycles. The van der Waals surface area contributed by atoms with E-state index in [0.29, 0.717) is 37.2 Å². The van der Waals surface area contributed by atoms with Gasteiger partial charge in [0.15, 0.2) is 0 Å². The molecule has 3 aromatic rings. The zero-order valence-corrected chi connectivity index (χ0v) is 24.2. The molecule has 3 heterocycles. The van der Waals surface area contributed by atoms with Crippen molar-refractivity contribution in [3.05, 3.63) is 52.7 Å². The van der Waals surface area contributed by atoms with E-state index in [1.54, 1.807) is 12.1 Å². The second-order valence-electron chi connectivity index (χ2n) is 12.5. The largest absolute Gasteiger partial charge is 0.508 e. The lowest BCUT2D eigenvalue weighted by Gasteiger charge is -2.34. The summed E-state index contributed by atoms with van der Waals surface area (Å²) >= 11 is 0. The smallest absolute Gasteiger partial charge is 0.318 e. The van der Waals surface area contributed by atoms with E-state index in [-0.39, 0.29) is 17.1 Å². The van der Waals surface area contributed by atoms with Gasteiger partial charge in [0.05, 0.1) is 31.0 Å². The Kier molecular flexibility index (Phi) is 7.07. The summed E-state index contributed by atoms with van der Waals surface area (Å²) < 4.78 is 6.30. The Morgan fingerprint density at radius 3 is 2.77 bits per heavy atom. The van der Waals surface area contributed by atoms with Gasteiger partial charge in [0.2, 0.25) is 0 Å². The van der Waals surface area contributed by atoms with Crippen LogP contribution in [0.15, 0.2) is 30.3 Å². The summed E-state index contributed by atoms with van der Waals surface area (Å²) in [5.74, 6) is 1.55. The van der Waals surface area contributed by atoms with E-state index >= 15 is 0 Å². The molecule has 1 saturated carbocycles. The van der Waals surface area contributed by atoms with Gasteiger partial charge in [0.25, 0.3) is 5.91 Å². The summed E-state index contributed by atoms with van der Waals surface area (Å²) in [6.07, 6.45) is 5.84. The highest BCUT2D eigenvalue weighted by atomic mass is 16.5. The number of aromatic hydroxyl groups is 1. The van der Waals surface area contributed by atoms with E-state index in [0.717, 1.165) is 78.7 Å². The normalized spacial score (nSPS) is 19.8. The molecule has 1 unspecified atom stereocenters. The van der Waals surface area contributed by atoms with Crippen LogP contribution in [-0.2, 0) is 13.1 Å². The van der Waals surface area contributed by atoms with Gasteiger partial charge in [-0.2, -0.15) is 9.97 Å². The third kappa shape index (κ3) is 5.21. The summed E-state index contributed by atoms with van der Waals surface area (Å²) in [6, 6.07) is 9.63. The topological polar surface area (TPSA) is 82.0 Å². The molecule has 6 rings (SSSR count). The van der Waals surface area contributed by atoms with Crippen LogP contribution in [0.4, 0.5) is 5.82 Å². The van der Waals surface area contributed by atoms with Crippen molar-refractivity contribution >= 4 is 22.5 Å². The number of hydrogen-bond donors (Lipinski definition) is 1. The van der Waals surface area contributed by atoms with Crippen LogP contribution in [0, 0.1) is 18.3 Å². The van der Waals surface area contributed by atoms with Crippen molar-refractivity contribution in [2.45, 2.75) is 59.0 Å². The molecular weight excluding hydrogens is 502 g/mol. The minimum Gasteiger partial charge on any atom is -0.508 e. The van der Waals surface area contributed by atoms with Crippen LogP contribution in [0.2, 0.25) is 0 Å². The first kappa shape index (κ1) is 26.8. The lowest BCUT2D eigenvalue weighted by atomic mass is 9.95. The van der Waals surface area contributed by atoms with Crippen molar-refractivity contribution in [1.29, 1.82) is 0 Å². The number of rotatable bonds is 8. The second kappa shape index (κ2) is 10.5. The zero-order chi connectivity index (χ0) is 28.0. The van der Waals surface area contributed by atoms with E-state index in [1.807, 2.05) is 30.0 Å². The number of anilines is 1. The van der Waals surface area contributed by atoms with Gasteiger partial charge in [-0.25, -0.2) is 0 Å². The molecule has 8 nitrogen and oxygen atoms in total. The molecule has 2 aliphatic heterocycles. The molecule has 2 fully saturated rings. The minimum absolute atomic E-state index is 0.0972. The maximum atomic E-state index is 14.0. The summed E-state index contributed by atoms with van der Waals surface area (Å²) in [5, 5.41) is 12.2. The van der Waals surface area contributed by atoms with Crippen molar-refractivity contribution < 1.29 is 14.6 Å². The third-order valence-corrected chi connectivity index (χ3v) is 8.94. The van der Waals surface area contributed by atoms with Crippen molar-refractivity contribution in [1.82, 2.24) is 19.8 Å². The molecule has 1 atom stereocenters. The molecule has 8 heteroatoms. The number of carbonyl (C=O) groups excluding carboxylic acids is 1. The predicted molar refractivity (Wildman–Crippen MR) is 157 cm³/mol. The van der Waals surface area contributed by atoms with Gasteiger partial charge in [0.1, 0.15) is 11.6 Å². The van der Waals surface area contributed by atoms with Gasteiger partial charge in [-0.1, -0.05) is 31.5 Å². The maximum Gasteiger partial charge on any atom is 0.318 e. The third-order valence-electron chi connectivity index (χ3n) is 8.94. The fraction of sp³-hybridized carbons (Fsp3) is 0.531. The second-order valence-corrected chi connectivity index (χ2v) is 12.5. The molecule has 1 amide bonds. The van der Waals surface area contributed by atoms with E-state index in [4.69, 9.17) is 14.7 Å². The molecular formula is C32H41N5O3. The summed E-state index contributed by atoms with van der Waals surface area (Å²) in [4.78, 5) is 30.3. The molecule has 1 aliphatic carbocycles. The molecule has 40 heavy (non-hydrogen) atoms. The lowest BCUT2D eigenvalue weighted by molar-refractivity contribution is 0.0752. The van der Waals surface area contributed by atoms with Crippen molar-refractivity contribution in [2.75, 3.05) is 45.2 Å². The monoisotopic (exact) mass is 543 g/mol. The van der Waals surface area contributed by atoms with Gasteiger partial charge in [0, 0.05) is 30.6 Å². The standard InChI is InChI=1S/C32H41N5O3/c1-5-22-9-7-13-36(16-22)29-26-17-37(30(39)25-15-24(38)14-23-10-6-8-21(2)28(23)25)18-27(26)33-31(34-29)40-20-32(11-12-32)19-35(3)4/h6,8,10,14-15,22,38H,5,7,9,11-13,16-20H2,1-4H3. The van der Waals surface area contributed by atoms with Gasteiger partial charge >= 0.3 is 6.01 Å². The number of aryl methyl sites for hydroxylation is 1. The highest BCUT2D eigenvalue weighted by Crippen LogP contribution is 2.46. The number of aromatic nitrogens is 2. The number of hydrogen-bond acceptors (Lipinski definition) is 7. The maximum absolute atomic E-state index is 14.0. The Labute approximate surface area is 237 Å². The number of fused-ring (bicyclic) bond motifs is 2. The minimum atomic E-state index is -0.102. The Hall–Kier alpha value is -3.39. The quantitative estimate of drug-likeness (QED) is 0.421. The first-order valence-electron chi connectivity index (χ1n) is 14.7. The average Bonchev–Trinajstić information content (AvgIpc) is 3.55. The predicted octanol–water partition coefficient (Wildman–Crippen LogP) is 5.15. The molecule has 0 radical (unpaired) electrons. The summed E-state index contributed by atoms with van der Waals surface area (Å²) in [6.45, 7) is 8.64. The Bertz CT molecular complexity index is 1430. The first-order valence-corrected chi connectivity index (χ1v) is 14.7. The number of carbonyl (C=O) groups is 1. The van der Waals surface area contributed by atoms with E-state index in [9.17, 15) is 9.90 Å². The number of nitrogens with zero attached hydrogens (tertiary/aromatic N) is 5. The zero-order valence-electron chi connectivity index (χ0n) is 24.2.